The van der Waals surface area contributed by atoms with Gasteiger partial charge in [0.05, 0.1) is 23.8 Å². The summed E-state index contributed by atoms with van der Waals surface area (Å²) in [6.45, 7) is 3.49. The number of nitriles is 1. The second-order valence-corrected chi connectivity index (χ2v) is 6.93. The van der Waals surface area contributed by atoms with Crippen molar-refractivity contribution in [3.05, 3.63) is 29.8 Å². The van der Waals surface area contributed by atoms with Gasteiger partial charge in [0.2, 0.25) is 5.91 Å². The third kappa shape index (κ3) is 3.45. The van der Waals surface area contributed by atoms with Crippen molar-refractivity contribution in [3.8, 4) is 6.07 Å². The van der Waals surface area contributed by atoms with Crippen LogP contribution < -0.4 is 4.90 Å². The summed E-state index contributed by atoms with van der Waals surface area (Å²) in [6.07, 6.45) is 4.43. The summed E-state index contributed by atoms with van der Waals surface area (Å²) in [5.41, 5.74) is 1.48. The number of aliphatic hydroxyl groups excluding tert-OH is 1. The Labute approximate surface area is 143 Å². The number of nitrogens with zero attached hydrogens (tertiary/aromatic N) is 3. The van der Waals surface area contributed by atoms with Gasteiger partial charge in [0, 0.05) is 18.3 Å². The molecule has 0 bridgehead atoms. The lowest BCUT2D eigenvalue weighted by atomic mass is 9.99. The minimum Gasteiger partial charge on any atom is -0.393 e. The quantitative estimate of drug-likeness (QED) is 0.921. The number of piperidine rings is 1. The predicted molar refractivity (Wildman–Crippen MR) is 92.6 cm³/mol. The molecule has 0 radical (unpaired) electrons. The highest BCUT2D eigenvalue weighted by Crippen LogP contribution is 2.30. The maximum atomic E-state index is 13.1. The molecule has 2 aliphatic heterocycles. The first kappa shape index (κ1) is 16.9. The van der Waals surface area contributed by atoms with E-state index in [-0.39, 0.29) is 18.1 Å². The highest BCUT2D eigenvalue weighted by Gasteiger charge is 2.39. The number of amides is 1. The molecule has 3 unspecified atom stereocenters. The van der Waals surface area contributed by atoms with Gasteiger partial charge >= 0.3 is 0 Å². The summed E-state index contributed by atoms with van der Waals surface area (Å²) in [4.78, 5) is 17.2. The van der Waals surface area contributed by atoms with Gasteiger partial charge < -0.3 is 10.0 Å². The highest BCUT2D eigenvalue weighted by molar-refractivity contribution is 5.98. The molecule has 3 atom stereocenters. The second-order valence-electron chi connectivity index (χ2n) is 6.93. The Morgan fingerprint density at radius 2 is 1.96 bits per heavy atom. The molecule has 2 fully saturated rings. The first-order valence-electron chi connectivity index (χ1n) is 8.85. The zero-order valence-corrected chi connectivity index (χ0v) is 14.2. The molecule has 1 N–H and O–H groups in total. The summed E-state index contributed by atoms with van der Waals surface area (Å²) < 4.78 is 0. The second kappa shape index (κ2) is 7.33. The fraction of sp³-hybridized carbons (Fsp3) is 0.579. The first-order valence-corrected chi connectivity index (χ1v) is 8.85. The number of rotatable bonds is 4. The van der Waals surface area contributed by atoms with Crippen LogP contribution in [0.2, 0.25) is 0 Å². The van der Waals surface area contributed by atoms with E-state index in [4.69, 9.17) is 5.26 Å². The van der Waals surface area contributed by atoms with Gasteiger partial charge in [-0.15, -0.1) is 0 Å². The Morgan fingerprint density at radius 3 is 2.62 bits per heavy atom. The van der Waals surface area contributed by atoms with Crippen molar-refractivity contribution >= 4 is 11.6 Å². The number of anilines is 1. The van der Waals surface area contributed by atoms with Crippen LogP contribution in [-0.2, 0) is 4.79 Å². The van der Waals surface area contributed by atoms with Crippen LogP contribution >= 0.6 is 0 Å². The molecule has 5 heteroatoms. The number of carbonyl (C=O) groups excluding carboxylic acids is 1. The zero-order valence-electron chi connectivity index (χ0n) is 14.2. The molecule has 2 heterocycles. The van der Waals surface area contributed by atoms with Crippen LogP contribution in [0.25, 0.3) is 0 Å². The fourth-order valence-electron chi connectivity index (χ4n) is 4.05. The molecule has 0 aliphatic carbocycles. The van der Waals surface area contributed by atoms with E-state index in [1.54, 1.807) is 12.1 Å². The Balaban J connectivity index is 1.75. The van der Waals surface area contributed by atoms with Gasteiger partial charge in [-0.05, 0) is 69.8 Å². The van der Waals surface area contributed by atoms with Crippen molar-refractivity contribution in [3.63, 3.8) is 0 Å². The minimum absolute atomic E-state index is 0.0827. The third-order valence-corrected chi connectivity index (χ3v) is 5.15. The Kier molecular flexibility index (Phi) is 5.17. The number of benzene rings is 1. The van der Waals surface area contributed by atoms with Crippen LogP contribution in [0.3, 0.4) is 0 Å². The molecule has 3 rings (SSSR count). The van der Waals surface area contributed by atoms with E-state index in [1.165, 1.54) is 0 Å². The molecule has 5 nitrogen and oxygen atoms in total. The number of aliphatic hydroxyl groups is 1. The van der Waals surface area contributed by atoms with E-state index in [2.05, 4.69) is 11.0 Å². The van der Waals surface area contributed by atoms with Gasteiger partial charge in [0.15, 0.2) is 0 Å². The van der Waals surface area contributed by atoms with Gasteiger partial charge in [0.1, 0.15) is 0 Å². The Bertz CT molecular complexity index is 620. The molecule has 2 saturated heterocycles. The Hall–Kier alpha value is -1.90. The predicted octanol–water partition coefficient (Wildman–Crippen LogP) is 2.29. The largest absolute Gasteiger partial charge is 0.393 e. The smallest absolute Gasteiger partial charge is 0.244 e. The number of hydrogen-bond acceptors (Lipinski definition) is 4. The van der Waals surface area contributed by atoms with E-state index in [9.17, 15) is 9.90 Å². The molecule has 2 aliphatic rings. The lowest BCUT2D eigenvalue weighted by Crippen LogP contribution is -2.54. The molecule has 24 heavy (non-hydrogen) atoms. The highest BCUT2D eigenvalue weighted by atomic mass is 16.3. The Morgan fingerprint density at radius 1 is 1.25 bits per heavy atom. The molecule has 0 saturated carbocycles. The lowest BCUT2D eigenvalue weighted by Gasteiger charge is -2.39. The molecule has 0 aromatic heterocycles. The topological polar surface area (TPSA) is 67.6 Å². The van der Waals surface area contributed by atoms with Crippen molar-refractivity contribution in [2.45, 2.75) is 57.2 Å². The zero-order chi connectivity index (χ0) is 17.1. The summed E-state index contributed by atoms with van der Waals surface area (Å²) in [5.74, 6) is 0.156. The van der Waals surface area contributed by atoms with Crippen molar-refractivity contribution < 1.29 is 9.90 Å². The van der Waals surface area contributed by atoms with E-state index in [0.29, 0.717) is 11.6 Å². The number of carbonyl (C=O) groups is 1. The summed E-state index contributed by atoms with van der Waals surface area (Å²) in [5, 5.41) is 18.6. The molecule has 1 aromatic carbocycles. The maximum absolute atomic E-state index is 13.1. The van der Waals surface area contributed by atoms with E-state index in [1.807, 2.05) is 24.0 Å². The van der Waals surface area contributed by atoms with Crippen LogP contribution in [0.5, 0.6) is 0 Å². The summed E-state index contributed by atoms with van der Waals surface area (Å²) >= 11 is 0. The lowest BCUT2D eigenvalue weighted by molar-refractivity contribution is -0.126. The van der Waals surface area contributed by atoms with Crippen molar-refractivity contribution in [2.24, 2.45) is 0 Å². The van der Waals surface area contributed by atoms with Gasteiger partial charge in [-0.3, -0.25) is 9.69 Å². The van der Waals surface area contributed by atoms with Gasteiger partial charge in [0.25, 0.3) is 0 Å². The van der Waals surface area contributed by atoms with Gasteiger partial charge in [-0.1, -0.05) is 0 Å². The fourth-order valence-corrected chi connectivity index (χ4v) is 4.05. The van der Waals surface area contributed by atoms with Gasteiger partial charge in [-0.25, -0.2) is 0 Å². The molecular weight excluding hydrogens is 302 g/mol. The van der Waals surface area contributed by atoms with Crippen LogP contribution in [-0.4, -0.2) is 47.2 Å². The van der Waals surface area contributed by atoms with Crippen molar-refractivity contribution in [2.75, 3.05) is 18.0 Å². The number of hydrogen-bond donors (Lipinski definition) is 1. The molecule has 1 amide bonds. The average molecular weight is 327 g/mol. The number of likely N-dealkylation sites (tertiary alicyclic amines) is 1. The van der Waals surface area contributed by atoms with Crippen LogP contribution in [0.15, 0.2) is 24.3 Å². The average Bonchev–Trinajstić information content (AvgIpc) is 3.02. The van der Waals surface area contributed by atoms with Gasteiger partial charge in [-0.2, -0.15) is 5.26 Å². The summed E-state index contributed by atoms with van der Waals surface area (Å²) in [6, 6.07) is 9.57. The SMILES string of the molecule is CC(O)CC1CCCN1C1CCCN(c2ccc(C#N)cc2)C1=O. The summed E-state index contributed by atoms with van der Waals surface area (Å²) in [7, 11) is 0. The van der Waals surface area contributed by atoms with Crippen LogP contribution in [0, 0.1) is 11.3 Å². The van der Waals surface area contributed by atoms with Crippen molar-refractivity contribution in [1.29, 1.82) is 5.26 Å². The standard InChI is InChI=1S/C19H25N3O2/c1-14(23)12-17-4-2-10-21(17)18-5-3-11-22(19(18)24)16-8-6-15(13-20)7-9-16/h6-9,14,17-18,23H,2-5,10-12H2,1H3. The first-order chi connectivity index (χ1) is 11.6. The van der Waals surface area contributed by atoms with E-state index in [0.717, 1.165) is 50.9 Å². The van der Waals surface area contributed by atoms with Crippen molar-refractivity contribution in [1.82, 2.24) is 4.90 Å². The molecular formula is C19H25N3O2. The molecule has 128 valence electrons. The van der Waals surface area contributed by atoms with E-state index >= 15 is 0 Å². The molecule has 0 spiro atoms. The normalized spacial score (nSPS) is 26.4. The third-order valence-electron chi connectivity index (χ3n) is 5.15. The minimum atomic E-state index is -0.330. The van der Waals surface area contributed by atoms with Crippen LogP contribution in [0.1, 0.15) is 44.6 Å². The molecule has 1 aromatic rings. The maximum Gasteiger partial charge on any atom is 0.244 e. The van der Waals surface area contributed by atoms with E-state index < -0.39 is 0 Å². The monoisotopic (exact) mass is 327 g/mol. The van der Waals surface area contributed by atoms with Crippen LogP contribution in [0.4, 0.5) is 5.69 Å².